The normalized spacial score (nSPS) is 28.0. The minimum Gasteiger partial charge on any atom is -0.376 e. The molecule has 3 aromatic heterocycles. The van der Waals surface area contributed by atoms with Gasteiger partial charge in [0.1, 0.15) is 17.3 Å². The van der Waals surface area contributed by atoms with Crippen molar-refractivity contribution in [2.75, 3.05) is 13.2 Å². The van der Waals surface area contributed by atoms with E-state index >= 15 is 4.79 Å². The number of carbonyl (C=O) groups is 2. The van der Waals surface area contributed by atoms with Gasteiger partial charge in [-0.2, -0.15) is 5.10 Å². The van der Waals surface area contributed by atoms with E-state index in [-0.39, 0.29) is 28.9 Å². The number of amides is 2. The number of nitrogens with zero attached hydrogens (tertiary/aromatic N) is 6. The standard InChI is InChI=1S/C41H47FN8O5/c1-22-15-29(16-23(2)35(22)42)50-36(48-13-11-43-38(48)52)34-25(4)47(12-9-30(34)46-50)37(51)32-18-28-17-26(27-10-14-54-40(5,6)20-27)7-8-31(28)49(32)41(19-24(41)3)33-21-44-55-39(53)45-33/h7-8,11,13,15-16,18,21,24-27,33H,9-10,12,14,17,19-20H2,1-6H3,(H,43,52)(H,45,53)/t24-,25-,26+,27?,33?,41-/m0/s1. The third-order valence-electron chi connectivity index (χ3n) is 12.8. The number of H-pyrrole nitrogens is 1. The Bertz CT molecular complexity index is 2340. The molecular formula is C41H47FN8O5. The SMILES string of the molecule is Cc1cc(-n2nc3c(c2-n2cc[nH]c2=O)[C@H](C)N(C(=O)c2cc4c(n2[C@@]2(C5C=NOC(=O)N5)C[C@@H]2C)C=C[C@@H](C2CCOC(C)(C)C2)C4)CC3)cc(C)c1F. The van der Waals surface area contributed by atoms with Crippen LogP contribution in [0.1, 0.15) is 97.1 Å². The molecule has 1 aromatic carbocycles. The highest BCUT2D eigenvalue weighted by molar-refractivity contribution is 5.95. The highest BCUT2D eigenvalue weighted by Gasteiger charge is 2.61. The van der Waals surface area contributed by atoms with Crippen LogP contribution in [-0.2, 0) is 28.0 Å². The van der Waals surface area contributed by atoms with Gasteiger partial charge in [-0.1, -0.05) is 18.2 Å². The van der Waals surface area contributed by atoms with Crippen molar-refractivity contribution >= 4 is 24.3 Å². The van der Waals surface area contributed by atoms with Crippen LogP contribution in [0.15, 0.2) is 46.6 Å². The number of benzene rings is 1. The summed E-state index contributed by atoms with van der Waals surface area (Å²) >= 11 is 0. The molecule has 0 radical (unpaired) electrons. The van der Waals surface area contributed by atoms with Crippen molar-refractivity contribution in [3.63, 3.8) is 0 Å². The summed E-state index contributed by atoms with van der Waals surface area (Å²) in [7, 11) is 0. The van der Waals surface area contributed by atoms with E-state index in [0.29, 0.717) is 53.1 Å². The first-order valence-electron chi connectivity index (χ1n) is 19.3. The summed E-state index contributed by atoms with van der Waals surface area (Å²) in [5.74, 6) is 0.953. The van der Waals surface area contributed by atoms with E-state index in [1.54, 1.807) is 49.3 Å². The van der Waals surface area contributed by atoms with Crippen molar-refractivity contribution in [2.45, 2.75) is 96.9 Å². The lowest BCUT2D eigenvalue weighted by atomic mass is 9.75. The average molecular weight is 751 g/mol. The van der Waals surface area contributed by atoms with E-state index in [1.165, 1.54) is 4.57 Å². The second kappa shape index (κ2) is 12.7. The molecule has 55 heavy (non-hydrogen) atoms. The maximum atomic E-state index is 15.3. The van der Waals surface area contributed by atoms with Crippen LogP contribution >= 0.6 is 0 Å². The molecule has 2 unspecified atom stereocenters. The Morgan fingerprint density at radius 3 is 2.53 bits per heavy atom. The van der Waals surface area contributed by atoms with E-state index in [2.05, 4.69) is 59.0 Å². The fourth-order valence-electron chi connectivity index (χ4n) is 9.95. The Morgan fingerprint density at radius 1 is 1.09 bits per heavy atom. The van der Waals surface area contributed by atoms with Gasteiger partial charge in [0.15, 0.2) is 0 Å². The van der Waals surface area contributed by atoms with Gasteiger partial charge in [-0.15, -0.1) is 0 Å². The predicted octanol–water partition coefficient (Wildman–Crippen LogP) is 5.89. The molecule has 13 nitrogen and oxygen atoms in total. The topological polar surface area (TPSA) is 141 Å². The highest BCUT2D eigenvalue weighted by Crippen LogP contribution is 2.55. The molecule has 9 rings (SSSR count). The number of aryl methyl sites for hydroxylation is 2. The molecule has 2 fully saturated rings. The number of nitrogens with one attached hydrogen (secondary N) is 2. The summed E-state index contributed by atoms with van der Waals surface area (Å²) in [6, 6.07) is 4.56. The van der Waals surface area contributed by atoms with Gasteiger partial charge >= 0.3 is 11.8 Å². The van der Waals surface area contributed by atoms with Crippen LogP contribution in [0, 0.1) is 37.4 Å². The second-order valence-corrected chi connectivity index (χ2v) is 16.8. The molecule has 1 saturated heterocycles. The van der Waals surface area contributed by atoms with E-state index in [4.69, 9.17) is 14.7 Å². The second-order valence-electron chi connectivity index (χ2n) is 16.8. The van der Waals surface area contributed by atoms with Gasteiger partial charge in [-0.3, -0.25) is 14.2 Å². The Labute approximate surface area is 318 Å². The van der Waals surface area contributed by atoms with Crippen molar-refractivity contribution < 1.29 is 23.6 Å². The molecule has 6 atom stereocenters. The quantitative estimate of drug-likeness (QED) is 0.236. The fraction of sp³-hybridized carbons (Fsp3) is 0.488. The molecule has 6 heterocycles. The maximum Gasteiger partial charge on any atom is 0.433 e. The highest BCUT2D eigenvalue weighted by atomic mass is 19.1. The van der Waals surface area contributed by atoms with Gasteiger partial charge in [0, 0.05) is 43.2 Å². The number of aromatic amines is 1. The van der Waals surface area contributed by atoms with Crippen molar-refractivity contribution in [1.29, 1.82) is 0 Å². The van der Waals surface area contributed by atoms with Crippen LogP contribution in [-0.4, -0.2) is 71.8 Å². The lowest BCUT2D eigenvalue weighted by molar-refractivity contribution is -0.0791. The molecule has 2 amide bonds. The number of halogens is 1. The number of fused-ring (bicyclic) bond motifs is 2. The number of hydrogen-bond acceptors (Lipinski definition) is 7. The minimum absolute atomic E-state index is 0.131. The molecular weight excluding hydrogens is 704 g/mol. The molecule has 2 N–H and O–H groups in total. The predicted molar refractivity (Wildman–Crippen MR) is 203 cm³/mol. The van der Waals surface area contributed by atoms with Crippen molar-refractivity contribution in [3.8, 4) is 11.5 Å². The van der Waals surface area contributed by atoms with Crippen LogP contribution in [0.3, 0.4) is 0 Å². The average Bonchev–Trinajstić information content (AvgIpc) is 3.46. The zero-order valence-electron chi connectivity index (χ0n) is 32.1. The summed E-state index contributed by atoms with van der Waals surface area (Å²) < 4.78 is 26.2. The van der Waals surface area contributed by atoms with Crippen molar-refractivity contribution in [1.82, 2.24) is 34.1 Å². The number of allylic oxidation sites excluding steroid dienone is 1. The molecule has 3 aliphatic heterocycles. The zero-order valence-corrected chi connectivity index (χ0v) is 32.1. The van der Waals surface area contributed by atoms with E-state index in [1.807, 2.05) is 11.8 Å². The molecule has 1 saturated carbocycles. The van der Waals surface area contributed by atoms with E-state index in [9.17, 15) is 14.0 Å². The van der Waals surface area contributed by atoms with Gasteiger partial charge in [0.2, 0.25) is 0 Å². The number of carbonyl (C=O) groups excluding carboxylic acids is 2. The summed E-state index contributed by atoms with van der Waals surface area (Å²) in [5.41, 5.74) is 4.55. The molecule has 0 bridgehead atoms. The van der Waals surface area contributed by atoms with Gasteiger partial charge in [0.05, 0.1) is 40.8 Å². The smallest absolute Gasteiger partial charge is 0.376 e. The number of imidazole rings is 1. The van der Waals surface area contributed by atoms with Crippen molar-refractivity contribution in [3.05, 3.63) is 92.3 Å². The first-order chi connectivity index (χ1) is 26.3. The first-order valence-corrected chi connectivity index (χ1v) is 19.3. The molecule has 4 aromatic rings. The van der Waals surface area contributed by atoms with Crippen LogP contribution in [0.25, 0.3) is 17.6 Å². The maximum absolute atomic E-state index is 15.3. The minimum atomic E-state index is -0.629. The Kier molecular flexibility index (Phi) is 8.16. The Hall–Kier alpha value is -5.24. The molecule has 0 spiro atoms. The van der Waals surface area contributed by atoms with Crippen LogP contribution in [0.5, 0.6) is 0 Å². The third-order valence-corrected chi connectivity index (χ3v) is 12.8. The third kappa shape index (κ3) is 5.62. The first kappa shape index (κ1) is 35.5. The van der Waals surface area contributed by atoms with Gasteiger partial charge in [-0.25, -0.2) is 18.7 Å². The Morgan fingerprint density at radius 2 is 1.85 bits per heavy atom. The largest absolute Gasteiger partial charge is 0.433 e. The van der Waals surface area contributed by atoms with E-state index < -0.39 is 23.7 Å². The van der Waals surface area contributed by atoms with Gasteiger partial charge in [-0.05, 0) is 119 Å². The van der Waals surface area contributed by atoms with Gasteiger partial charge in [0.25, 0.3) is 5.91 Å². The van der Waals surface area contributed by atoms with Crippen LogP contribution in [0.2, 0.25) is 0 Å². The molecule has 2 aliphatic carbocycles. The number of oxime groups is 1. The fourth-order valence-corrected chi connectivity index (χ4v) is 9.95. The summed E-state index contributed by atoms with van der Waals surface area (Å²) in [6.45, 7) is 13.0. The molecule has 14 heteroatoms. The molecule has 288 valence electrons. The number of rotatable bonds is 6. The van der Waals surface area contributed by atoms with Crippen molar-refractivity contribution in [2.24, 2.45) is 22.9 Å². The number of ether oxygens (including phenoxy) is 1. The number of hydrogen-bond donors (Lipinski definition) is 2. The van der Waals surface area contributed by atoms with E-state index in [0.717, 1.165) is 54.8 Å². The van der Waals surface area contributed by atoms with Gasteiger partial charge < -0.3 is 24.5 Å². The number of aromatic nitrogens is 5. The summed E-state index contributed by atoms with van der Waals surface area (Å²) in [6.07, 6.45) is 12.6. The Balaban J connectivity index is 1.14. The summed E-state index contributed by atoms with van der Waals surface area (Å²) in [4.78, 5) is 50.5. The lowest BCUT2D eigenvalue weighted by Crippen LogP contribution is -2.51. The lowest BCUT2D eigenvalue weighted by Gasteiger charge is -2.39. The zero-order chi connectivity index (χ0) is 38.6. The molecule has 5 aliphatic rings. The van der Waals surface area contributed by atoms with Crippen LogP contribution < -0.4 is 11.0 Å². The monoisotopic (exact) mass is 750 g/mol. The summed E-state index contributed by atoms with van der Waals surface area (Å²) in [5, 5.41) is 11.9. The van der Waals surface area contributed by atoms with Crippen LogP contribution in [0.4, 0.5) is 9.18 Å².